The quantitative estimate of drug-likeness (QED) is 0.643. The predicted octanol–water partition coefficient (Wildman–Crippen LogP) is 2.63. The van der Waals surface area contributed by atoms with Crippen LogP contribution in [0.5, 0.6) is 0 Å². The zero-order valence-corrected chi connectivity index (χ0v) is 11.9. The number of rotatable bonds is 3. The van der Waals surface area contributed by atoms with Gasteiger partial charge in [0, 0.05) is 6.20 Å². The fourth-order valence-corrected chi connectivity index (χ4v) is 3.35. The van der Waals surface area contributed by atoms with Crippen LogP contribution in [0, 0.1) is 10.1 Å². The van der Waals surface area contributed by atoms with Gasteiger partial charge < -0.3 is 9.64 Å². The molecular weight excluding hydrogens is 282 g/mol. The molecule has 4 rings (SSSR count). The lowest BCUT2D eigenvalue weighted by Gasteiger charge is -2.52. The molecule has 1 aromatic carbocycles. The van der Waals surface area contributed by atoms with Crippen molar-refractivity contribution >= 4 is 11.5 Å². The number of hydrogen-bond donors (Lipinski definition) is 0. The first-order valence-corrected chi connectivity index (χ1v) is 7.30. The van der Waals surface area contributed by atoms with Crippen molar-refractivity contribution in [1.82, 2.24) is 4.98 Å². The Hall–Kier alpha value is -2.47. The van der Waals surface area contributed by atoms with Gasteiger partial charge >= 0.3 is 5.69 Å². The molecule has 2 saturated heterocycles. The molecule has 22 heavy (non-hydrogen) atoms. The number of nitro groups is 1. The van der Waals surface area contributed by atoms with Gasteiger partial charge in [-0.2, -0.15) is 0 Å². The Kier molecular flexibility index (Phi) is 3.04. The van der Waals surface area contributed by atoms with Crippen molar-refractivity contribution in [1.29, 1.82) is 0 Å². The highest BCUT2D eigenvalue weighted by atomic mass is 16.6. The Morgan fingerprint density at radius 3 is 2.55 bits per heavy atom. The lowest BCUT2D eigenvalue weighted by Crippen LogP contribution is -2.64. The monoisotopic (exact) mass is 297 g/mol. The average Bonchev–Trinajstić information content (AvgIpc) is 2.56. The van der Waals surface area contributed by atoms with E-state index in [1.165, 1.54) is 0 Å². The molecule has 2 unspecified atom stereocenters. The Balaban J connectivity index is 1.84. The van der Waals surface area contributed by atoms with E-state index in [1.807, 2.05) is 35.2 Å². The molecule has 6 heteroatoms. The maximum atomic E-state index is 11.7. The molecule has 112 valence electrons. The van der Waals surface area contributed by atoms with Crippen molar-refractivity contribution in [2.75, 3.05) is 18.1 Å². The molecule has 1 aromatic heterocycles. The van der Waals surface area contributed by atoms with E-state index in [0.717, 1.165) is 12.0 Å². The zero-order valence-electron chi connectivity index (χ0n) is 11.9. The fraction of sp³-hybridized carbons (Fsp3) is 0.312. The summed E-state index contributed by atoms with van der Waals surface area (Å²) in [4.78, 5) is 17.7. The number of aromatic nitrogens is 1. The summed E-state index contributed by atoms with van der Waals surface area (Å²) in [6, 6.07) is 11.5. The Labute approximate surface area is 127 Å². The van der Waals surface area contributed by atoms with Gasteiger partial charge in [0.25, 0.3) is 0 Å². The van der Waals surface area contributed by atoms with Gasteiger partial charge in [-0.15, -0.1) is 0 Å². The molecule has 0 N–H and O–H groups in total. The summed E-state index contributed by atoms with van der Waals surface area (Å²) in [6.07, 6.45) is 2.67. The summed E-state index contributed by atoms with van der Waals surface area (Å²) in [5.74, 6) is 0.468. The summed E-state index contributed by atoms with van der Waals surface area (Å²) in [6.45, 7) is 1.23. The molecule has 0 amide bonds. The second kappa shape index (κ2) is 5.06. The number of pyridine rings is 1. The van der Waals surface area contributed by atoms with Gasteiger partial charge in [-0.3, -0.25) is 10.1 Å². The Bertz CT molecular complexity index is 706. The highest BCUT2D eigenvalue weighted by molar-refractivity contribution is 5.81. The van der Waals surface area contributed by atoms with Crippen LogP contribution < -0.4 is 4.90 Å². The second-order valence-corrected chi connectivity index (χ2v) is 5.64. The number of ether oxygens (including phenoxy) is 1. The van der Waals surface area contributed by atoms with Crippen LogP contribution in [0.2, 0.25) is 0 Å². The summed E-state index contributed by atoms with van der Waals surface area (Å²) < 4.78 is 5.46. The molecule has 2 aliphatic rings. The normalized spacial score (nSPS) is 23.0. The molecule has 2 bridgehead atoms. The molecule has 2 fully saturated rings. The van der Waals surface area contributed by atoms with E-state index in [9.17, 15) is 10.1 Å². The molecule has 0 saturated carbocycles. The third-order valence-corrected chi connectivity index (χ3v) is 4.37. The Morgan fingerprint density at radius 1 is 1.18 bits per heavy atom. The molecule has 2 aliphatic heterocycles. The van der Waals surface area contributed by atoms with E-state index < -0.39 is 0 Å². The largest absolute Gasteiger partial charge is 0.377 e. The number of morpholine rings is 1. The standard InChI is InChI=1S/C16H15N3O3/c20-19(21)15-14(11-4-2-1-3-5-11)6-7-17-16(15)18-12-8-13(18)10-22-9-12/h1-7,12-13H,8-10H2. The van der Waals surface area contributed by atoms with Gasteiger partial charge in [-0.1, -0.05) is 30.3 Å². The fourth-order valence-electron chi connectivity index (χ4n) is 3.35. The summed E-state index contributed by atoms with van der Waals surface area (Å²) in [7, 11) is 0. The highest BCUT2D eigenvalue weighted by Gasteiger charge is 2.46. The topological polar surface area (TPSA) is 68.5 Å². The molecule has 2 atom stereocenters. The smallest absolute Gasteiger partial charge is 0.319 e. The number of nitrogens with zero attached hydrogens (tertiary/aromatic N) is 3. The van der Waals surface area contributed by atoms with Crippen molar-refractivity contribution in [3.63, 3.8) is 0 Å². The van der Waals surface area contributed by atoms with Crippen LogP contribution >= 0.6 is 0 Å². The first kappa shape index (κ1) is 13.2. The van der Waals surface area contributed by atoms with Crippen LogP contribution in [0.25, 0.3) is 11.1 Å². The van der Waals surface area contributed by atoms with Gasteiger partial charge in [-0.05, 0) is 18.1 Å². The van der Waals surface area contributed by atoms with Crippen molar-refractivity contribution in [3.05, 3.63) is 52.7 Å². The molecule has 3 heterocycles. The van der Waals surface area contributed by atoms with E-state index in [2.05, 4.69) is 4.98 Å². The number of hydrogen-bond acceptors (Lipinski definition) is 5. The SMILES string of the molecule is O=[N+]([O-])c1c(-c2ccccc2)ccnc1N1C2COCC1C2. The highest BCUT2D eigenvalue weighted by Crippen LogP contribution is 2.43. The summed E-state index contributed by atoms with van der Waals surface area (Å²) in [5, 5.41) is 11.7. The van der Waals surface area contributed by atoms with Gasteiger partial charge in [0.2, 0.25) is 5.82 Å². The van der Waals surface area contributed by atoms with E-state index >= 15 is 0 Å². The molecule has 2 aromatic rings. The Morgan fingerprint density at radius 2 is 1.91 bits per heavy atom. The first-order valence-electron chi connectivity index (χ1n) is 7.30. The minimum Gasteiger partial charge on any atom is -0.377 e. The van der Waals surface area contributed by atoms with E-state index in [0.29, 0.717) is 24.6 Å². The van der Waals surface area contributed by atoms with Gasteiger partial charge in [0.1, 0.15) is 0 Å². The van der Waals surface area contributed by atoms with Crippen LogP contribution in [-0.4, -0.2) is 35.2 Å². The van der Waals surface area contributed by atoms with Crippen LogP contribution in [-0.2, 0) is 4.74 Å². The number of benzene rings is 1. The van der Waals surface area contributed by atoms with Gasteiger partial charge in [-0.25, -0.2) is 4.98 Å². The maximum Gasteiger partial charge on any atom is 0.319 e. The van der Waals surface area contributed by atoms with Gasteiger partial charge in [0.15, 0.2) is 0 Å². The average molecular weight is 297 g/mol. The summed E-state index contributed by atoms with van der Waals surface area (Å²) >= 11 is 0. The minimum absolute atomic E-state index is 0.0882. The van der Waals surface area contributed by atoms with Crippen LogP contribution in [0.4, 0.5) is 11.5 Å². The van der Waals surface area contributed by atoms with Crippen LogP contribution in [0.3, 0.4) is 0 Å². The number of anilines is 1. The third-order valence-electron chi connectivity index (χ3n) is 4.37. The number of fused-ring (bicyclic) bond motifs is 2. The summed E-state index contributed by atoms with van der Waals surface area (Å²) in [5.41, 5.74) is 1.53. The minimum atomic E-state index is -0.320. The first-order chi connectivity index (χ1) is 10.8. The molecule has 6 nitrogen and oxygen atoms in total. The van der Waals surface area contributed by atoms with E-state index in [1.54, 1.807) is 12.3 Å². The van der Waals surface area contributed by atoms with Crippen LogP contribution in [0.1, 0.15) is 6.42 Å². The van der Waals surface area contributed by atoms with Gasteiger partial charge in [0.05, 0.1) is 35.8 Å². The lowest BCUT2D eigenvalue weighted by atomic mass is 9.90. The molecule has 0 spiro atoms. The molecule has 0 radical (unpaired) electrons. The molecular formula is C16H15N3O3. The van der Waals surface area contributed by atoms with Crippen LogP contribution in [0.15, 0.2) is 42.6 Å². The van der Waals surface area contributed by atoms with Crippen molar-refractivity contribution in [2.24, 2.45) is 0 Å². The van der Waals surface area contributed by atoms with Crippen molar-refractivity contribution < 1.29 is 9.66 Å². The van der Waals surface area contributed by atoms with Crippen molar-refractivity contribution in [3.8, 4) is 11.1 Å². The van der Waals surface area contributed by atoms with E-state index in [-0.39, 0.29) is 22.7 Å². The third kappa shape index (κ3) is 1.95. The maximum absolute atomic E-state index is 11.7. The lowest BCUT2D eigenvalue weighted by molar-refractivity contribution is -0.383. The zero-order chi connectivity index (χ0) is 15.1. The second-order valence-electron chi connectivity index (χ2n) is 5.64. The van der Waals surface area contributed by atoms with Crippen molar-refractivity contribution in [2.45, 2.75) is 18.5 Å². The predicted molar refractivity (Wildman–Crippen MR) is 81.8 cm³/mol. The van der Waals surface area contributed by atoms with E-state index in [4.69, 9.17) is 4.74 Å². The molecule has 0 aliphatic carbocycles.